The monoisotopic (exact) mass is 329 g/mol. The molecule has 0 bridgehead atoms. The van der Waals surface area contributed by atoms with Gasteiger partial charge in [0.15, 0.2) is 0 Å². The molecule has 2 N–H and O–H groups in total. The third-order valence-electron chi connectivity index (χ3n) is 2.95. The summed E-state index contributed by atoms with van der Waals surface area (Å²) in [6.45, 7) is 5.41. The number of nitrogens with zero attached hydrogens (tertiary/aromatic N) is 1. The molecular formula is C15H23NO5S. The molecule has 0 aliphatic rings. The minimum Gasteiger partial charge on any atom is -0.478 e. The Hall–Kier alpha value is -1.86. The van der Waals surface area contributed by atoms with Crippen LogP contribution in [0, 0.1) is 6.92 Å². The fourth-order valence-electron chi connectivity index (χ4n) is 1.75. The lowest BCUT2D eigenvalue weighted by Crippen LogP contribution is -2.15. The van der Waals surface area contributed by atoms with E-state index in [9.17, 15) is 13.2 Å². The zero-order valence-corrected chi connectivity index (χ0v) is 14.3. The van der Waals surface area contributed by atoms with Crippen molar-refractivity contribution in [3.63, 3.8) is 0 Å². The minimum atomic E-state index is -4.02. The van der Waals surface area contributed by atoms with E-state index in [-0.39, 0.29) is 4.90 Å². The zero-order chi connectivity index (χ0) is 17.5. The lowest BCUT2D eigenvalue weighted by atomic mass is 10.2. The van der Waals surface area contributed by atoms with Crippen LogP contribution < -0.4 is 0 Å². The van der Waals surface area contributed by atoms with Crippen molar-refractivity contribution >= 4 is 16.1 Å². The number of aliphatic carboxylic acids is 1. The second-order valence-corrected chi connectivity index (χ2v) is 6.33. The van der Waals surface area contributed by atoms with Gasteiger partial charge in [-0.25, -0.2) is 4.79 Å². The number of aryl methyl sites for hydroxylation is 1. The summed E-state index contributed by atoms with van der Waals surface area (Å²) < 4.78 is 29.6. The lowest BCUT2D eigenvalue weighted by molar-refractivity contribution is -0.132. The minimum absolute atomic E-state index is 0.0666. The van der Waals surface area contributed by atoms with Crippen molar-refractivity contribution in [2.75, 3.05) is 14.1 Å². The van der Waals surface area contributed by atoms with Gasteiger partial charge in [-0.1, -0.05) is 24.6 Å². The first-order chi connectivity index (χ1) is 10.0. The maximum absolute atomic E-state index is 10.5. The van der Waals surface area contributed by atoms with E-state index in [1.807, 2.05) is 32.8 Å². The Morgan fingerprint density at radius 2 is 1.64 bits per heavy atom. The van der Waals surface area contributed by atoms with Crippen LogP contribution in [-0.4, -0.2) is 43.0 Å². The topological polar surface area (TPSA) is 94.9 Å². The normalized spacial score (nSPS) is 11.9. The summed E-state index contributed by atoms with van der Waals surface area (Å²) in [5.41, 5.74) is 2.26. The summed E-state index contributed by atoms with van der Waals surface area (Å²) in [4.78, 5) is 12.3. The summed E-state index contributed by atoms with van der Waals surface area (Å²) in [5, 5.41) is 8.65. The molecule has 22 heavy (non-hydrogen) atoms. The highest BCUT2D eigenvalue weighted by molar-refractivity contribution is 7.85. The molecule has 0 aromatic heterocycles. The van der Waals surface area contributed by atoms with Gasteiger partial charge in [0.05, 0.1) is 10.5 Å². The van der Waals surface area contributed by atoms with E-state index in [1.165, 1.54) is 12.1 Å². The van der Waals surface area contributed by atoms with Crippen molar-refractivity contribution in [1.82, 2.24) is 4.90 Å². The third-order valence-corrected chi connectivity index (χ3v) is 3.82. The van der Waals surface area contributed by atoms with Gasteiger partial charge in [-0.15, -0.1) is 0 Å². The van der Waals surface area contributed by atoms with Gasteiger partial charge in [-0.05, 0) is 32.4 Å². The van der Waals surface area contributed by atoms with Gasteiger partial charge in [0.2, 0.25) is 0 Å². The van der Waals surface area contributed by atoms with Crippen LogP contribution in [0.4, 0.5) is 0 Å². The van der Waals surface area contributed by atoms with E-state index in [1.54, 1.807) is 19.1 Å². The van der Waals surface area contributed by atoms with E-state index in [0.29, 0.717) is 5.57 Å². The third kappa shape index (κ3) is 6.73. The van der Waals surface area contributed by atoms with E-state index in [2.05, 4.69) is 0 Å². The van der Waals surface area contributed by atoms with Crippen molar-refractivity contribution in [3.05, 3.63) is 41.1 Å². The molecule has 0 unspecified atom stereocenters. The second-order valence-electron chi connectivity index (χ2n) is 4.91. The van der Waals surface area contributed by atoms with Gasteiger partial charge in [-0.3, -0.25) is 4.55 Å². The van der Waals surface area contributed by atoms with Crippen LogP contribution in [0.3, 0.4) is 0 Å². The van der Waals surface area contributed by atoms with Crippen molar-refractivity contribution < 1.29 is 22.9 Å². The number of hydrogen-bond donors (Lipinski definition) is 2. The molecule has 0 aliphatic heterocycles. The van der Waals surface area contributed by atoms with Gasteiger partial charge in [-0.2, -0.15) is 8.42 Å². The zero-order valence-electron chi connectivity index (χ0n) is 13.5. The highest BCUT2D eigenvalue weighted by atomic mass is 32.2. The van der Waals surface area contributed by atoms with E-state index in [0.717, 1.165) is 17.7 Å². The van der Waals surface area contributed by atoms with Crippen LogP contribution in [0.5, 0.6) is 0 Å². The Morgan fingerprint density at radius 3 is 1.86 bits per heavy atom. The van der Waals surface area contributed by atoms with E-state index < -0.39 is 16.1 Å². The molecule has 1 aromatic carbocycles. The molecule has 124 valence electrons. The molecular weight excluding hydrogens is 306 g/mol. The Bertz CT molecular complexity index is 630. The molecule has 1 aromatic rings. The molecule has 0 heterocycles. The molecule has 0 amide bonds. The number of allylic oxidation sites excluding steroid dienone is 1. The summed E-state index contributed by atoms with van der Waals surface area (Å²) in [5.74, 6) is -0.837. The molecule has 7 heteroatoms. The SMILES string of the molecule is CC/C(=C(/C)C(=O)O)N(C)C.Cc1ccc(S(=O)(=O)O)cc1. The molecule has 0 saturated heterocycles. The Balaban J connectivity index is 0.000000401. The number of benzene rings is 1. The van der Waals surface area contributed by atoms with Gasteiger partial charge < -0.3 is 10.0 Å². The van der Waals surface area contributed by atoms with Crippen LogP contribution in [-0.2, 0) is 14.9 Å². The van der Waals surface area contributed by atoms with E-state index >= 15 is 0 Å². The lowest BCUT2D eigenvalue weighted by Gasteiger charge is -2.17. The fourth-order valence-corrected chi connectivity index (χ4v) is 2.23. The molecule has 6 nitrogen and oxygen atoms in total. The molecule has 1 rings (SSSR count). The van der Waals surface area contributed by atoms with Gasteiger partial charge in [0.25, 0.3) is 10.1 Å². The predicted molar refractivity (Wildman–Crippen MR) is 85.3 cm³/mol. The van der Waals surface area contributed by atoms with Gasteiger partial charge >= 0.3 is 5.97 Å². The van der Waals surface area contributed by atoms with Gasteiger partial charge in [0.1, 0.15) is 0 Å². The highest BCUT2D eigenvalue weighted by Gasteiger charge is 2.08. The maximum Gasteiger partial charge on any atom is 0.333 e. The molecule has 0 aliphatic carbocycles. The summed E-state index contributed by atoms with van der Waals surface area (Å²) >= 11 is 0. The Kier molecular flexibility index (Phi) is 7.83. The average molecular weight is 329 g/mol. The van der Waals surface area contributed by atoms with Crippen molar-refractivity contribution in [1.29, 1.82) is 0 Å². The molecule has 0 fully saturated rings. The second kappa shape index (κ2) is 8.55. The number of carboxylic acid groups (broad SMARTS) is 1. The first-order valence-electron chi connectivity index (χ1n) is 6.65. The van der Waals surface area contributed by atoms with Crippen molar-refractivity contribution in [3.8, 4) is 0 Å². The summed E-state index contributed by atoms with van der Waals surface area (Å²) in [6, 6.07) is 5.99. The first kappa shape index (κ1) is 20.1. The average Bonchev–Trinajstić information content (AvgIpc) is 2.39. The fraction of sp³-hybridized carbons (Fsp3) is 0.400. The quantitative estimate of drug-likeness (QED) is 0.651. The standard InChI is InChI=1S/C8H15NO2.C7H8O3S/c1-5-7(9(3)4)6(2)8(10)11;1-6-2-4-7(5-3-6)11(8,9)10/h5H2,1-4H3,(H,10,11);2-5H,1H3,(H,8,9,10)/b7-6+;. The number of carbonyl (C=O) groups is 1. The number of carboxylic acids is 1. The predicted octanol–water partition coefficient (Wildman–Crippen LogP) is 2.56. The summed E-state index contributed by atoms with van der Waals surface area (Å²) in [6.07, 6.45) is 0.755. The maximum atomic E-state index is 10.5. The van der Waals surface area contributed by atoms with Crippen molar-refractivity contribution in [2.45, 2.75) is 32.1 Å². The largest absolute Gasteiger partial charge is 0.478 e. The summed E-state index contributed by atoms with van der Waals surface area (Å²) in [7, 11) is -0.315. The van der Waals surface area contributed by atoms with Crippen LogP contribution in [0.15, 0.2) is 40.4 Å². The molecule has 0 spiro atoms. The first-order valence-corrected chi connectivity index (χ1v) is 8.09. The molecule has 0 saturated carbocycles. The number of hydrogen-bond acceptors (Lipinski definition) is 4. The van der Waals surface area contributed by atoms with Gasteiger partial charge in [0, 0.05) is 19.8 Å². The van der Waals surface area contributed by atoms with E-state index in [4.69, 9.17) is 9.66 Å². The van der Waals surface area contributed by atoms with Crippen LogP contribution in [0.1, 0.15) is 25.8 Å². The van der Waals surface area contributed by atoms with Crippen LogP contribution >= 0.6 is 0 Å². The Labute approximate surface area is 131 Å². The van der Waals surface area contributed by atoms with Crippen LogP contribution in [0.2, 0.25) is 0 Å². The smallest absolute Gasteiger partial charge is 0.333 e. The van der Waals surface area contributed by atoms with Crippen molar-refractivity contribution in [2.24, 2.45) is 0 Å². The van der Waals surface area contributed by atoms with Crippen LogP contribution in [0.25, 0.3) is 0 Å². The molecule has 0 radical (unpaired) electrons. The Morgan fingerprint density at radius 1 is 1.18 bits per heavy atom. The highest BCUT2D eigenvalue weighted by Crippen LogP contribution is 2.10. The molecule has 0 atom stereocenters. The number of rotatable bonds is 4.